The zero-order valence-corrected chi connectivity index (χ0v) is 10.2. The minimum absolute atomic E-state index is 0.231. The number of ether oxygens (including phenoxy) is 1. The van der Waals surface area contributed by atoms with E-state index >= 15 is 0 Å². The maximum absolute atomic E-state index is 12.0. The smallest absolute Gasteiger partial charge is 0.268 e. The van der Waals surface area contributed by atoms with E-state index in [9.17, 15) is 9.90 Å². The largest absolute Gasteiger partial charge is 0.394 e. The Morgan fingerprint density at radius 3 is 3.06 bits per heavy atom. The number of nitrogens with zero attached hydrogens (tertiary/aromatic N) is 1. The number of hydrogen-bond donors (Lipinski definition) is 3. The molecule has 0 bridgehead atoms. The Hall–Kier alpha value is -1.37. The van der Waals surface area contributed by atoms with Gasteiger partial charge in [-0.15, -0.1) is 0 Å². The molecule has 0 radical (unpaired) electrons. The summed E-state index contributed by atoms with van der Waals surface area (Å²) >= 11 is 0. The van der Waals surface area contributed by atoms with Gasteiger partial charge in [-0.1, -0.05) is 0 Å². The van der Waals surface area contributed by atoms with E-state index in [1.807, 2.05) is 0 Å². The molecule has 2 rings (SSSR count). The third-order valence-electron chi connectivity index (χ3n) is 3.23. The van der Waals surface area contributed by atoms with E-state index in [4.69, 9.17) is 9.84 Å². The molecular weight excluding hydrogens is 236 g/mol. The maximum Gasteiger partial charge on any atom is 0.268 e. The van der Waals surface area contributed by atoms with Crippen molar-refractivity contribution in [3.8, 4) is 0 Å². The van der Waals surface area contributed by atoms with Crippen LogP contribution in [0.25, 0.3) is 0 Å². The Morgan fingerprint density at radius 1 is 1.67 bits per heavy atom. The lowest BCUT2D eigenvalue weighted by atomic mass is 10.00. The molecule has 0 aliphatic carbocycles. The molecule has 2 heterocycles. The van der Waals surface area contributed by atoms with Gasteiger partial charge in [0.1, 0.15) is 17.9 Å². The zero-order valence-electron chi connectivity index (χ0n) is 10.2. The molecule has 0 saturated carbocycles. The van der Waals surface area contributed by atoms with Gasteiger partial charge in [-0.05, 0) is 18.6 Å². The SMILES string of the molecule is Cn1cccc1C(=O)N[C@H]1CCO[C@H](CO)[C@H]1O. The predicted octanol–water partition coefficient (Wildman–Crippen LogP) is -0.734. The summed E-state index contributed by atoms with van der Waals surface area (Å²) in [4.78, 5) is 12.0. The number of carbonyl (C=O) groups excluding carboxylic acids is 1. The standard InChI is InChI=1S/C12H18N2O4/c1-14-5-2-3-9(14)12(17)13-8-4-6-18-10(7-15)11(8)16/h2-3,5,8,10-11,15-16H,4,6-7H2,1H3,(H,13,17)/t8-,10+,11-/m0/s1. The minimum atomic E-state index is -0.882. The Bertz CT molecular complexity index is 418. The number of aliphatic hydroxyl groups excluding tert-OH is 2. The van der Waals surface area contributed by atoms with Crippen molar-refractivity contribution in [3.63, 3.8) is 0 Å². The molecule has 18 heavy (non-hydrogen) atoms. The first kappa shape index (κ1) is 13.1. The number of aliphatic hydroxyl groups is 2. The summed E-state index contributed by atoms with van der Waals surface area (Å²) in [6.07, 6.45) is 0.810. The molecule has 6 nitrogen and oxygen atoms in total. The van der Waals surface area contributed by atoms with E-state index in [1.165, 1.54) is 0 Å². The molecule has 1 amide bonds. The first-order valence-electron chi connectivity index (χ1n) is 5.96. The lowest BCUT2D eigenvalue weighted by Crippen LogP contribution is -2.54. The first-order chi connectivity index (χ1) is 8.63. The van der Waals surface area contributed by atoms with Crippen molar-refractivity contribution in [3.05, 3.63) is 24.0 Å². The topological polar surface area (TPSA) is 83.7 Å². The van der Waals surface area contributed by atoms with Gasteiger partial charge in [0.2, 0.25) is 0 Å². The van der Waals surface area contributed by atoms with Gasteiger partial charge in [0.05, 0.1) is 12.6 Å². The highest BCUT2D eigenvalue weighted by Crippen LogP contribution is 2.15. The number of hydrogen-bond acceptors (Lipinski definition) is 4. The monoisotopic (exact) mass is 254 g/mol. The van der Waals surface area contributed by atoms with Gasteiger partial charge >= 0.3 is 0 Å². The van der Waals surface area contributed by atoms with Gasteiger partial charge in [-0.2, -0.15) is 0 Å². The average Bonchev–Trinajstić information content (AvgIpc) is 2.78. The molecule has 0 spiro atoms. The minimum Gasteiger partial charge on any atom is -0.394 e. The Morgan fingerprint density at radius 2 is 2.44 bits per heavy atom. The van der Waals surface area contributed by atoms with Crippen LogP contribution in [-0.2, 0) is 11.8 Å². The highest BCUT2D eigenvalue weighted by atomic mass is 16.5. The summed E-state index contributed by atoms with van der Waals surface area (Å²) in [6.45, 7) is 0.165. The molecule has 3 atom stereocenters. The number of nitrogens with one attached hydrogen (secondary N) is 1. The number of carbonyl (C=O) groups is 1. The van der Waals surface area contributed by atoms with Crippen molar-refractivity contribution in [2.45, 2.75) is 24.7 Å². The molecule has 1 aromatic heterocycles. The van der Waals surface area contributed by atoms with Gasteiger partial charge < -0.3 is 24.8 Å². The summed E-state index contributed by atoms with van der Waals surface area (Å²) < 4.78 is 6.92. The molecule has 6 heteroatoms. The van der Waals surface area contributed by atoms with E-state index < -0.39 is 18.2 Å². The van der Waals surface area contributed by atoms with Crippen LogP contribution in [0.15, 0.2) is 18.3 Å². The summed E-state index contributed by atoms with van der Waals surface area (Å²) in [5, 5.41) is 21.8. The number of aryl methyl sites for hydroxylation is 1. The fourth-order valence-electron chi connectivity index (χ4n) is 2.13. The third-order valence-corrected chi connectivity index (χ3v) is 3.23. The zero-order chi connectivity index (χ0) is 13.1. The molecular formula is C12H18N2O4. The summed E-state index contributed by atoms with van der Waals surface area (Å²) in [6, 6.07) is 3.11. The molecule has 100 valence electrons. The van der Waals surface area contributed by atoms with Gasteiger partial charge in [0, 0.05) is 19.9 Å². The first-order valence-corrected chi connectivity index (χ1v) is 5.96. The second kappa shape index (κ2) is 5.51. The van der Waals surface area contributed by atoms with Crippen LogP contribution in [0.1, 0.15) is 16.9 Å². The normalized spacial score (nSPS) is 28.1. The second-order valence-corrected chi connectivity index (χ2v) is 4.46. The molecule has 0 aromatic carbocycles. The van der Waals surface area contributed by atoms with Crippen LogP contribution in [0, 0.1) is 0 Å². The molecule has 1 aromatic rings. The third kappa shape index (κ3) is 2.55. The van der Waals surface area contributed by atoms with Gasteiger partial charge in [0.15, 0.2) is 0 Å². The molecule has 1 aliphatic heterocycles. The predicted molar refractivity (Wildman–Crippen MR) is 64.1 cm³/mol. The fourth-order valence-corrected chi connectivity index (χ4v) is 2.13. The maximum atomic E-state index is 12.0. The van der Waals surface area contributed by atoms with Crippen LogP contribution in [-0.4, -0.2) is 52.2 Å². The molecule has 1 aliphatic rings. The molecule has 3 N–H and O–H groups in total. The van der Waals surface area contributed by atoms with Crippen LogP contribution in [0.3, 0.4) is 0 Å². The van der Waals surface area contributed by atoms with Crippen molar-refractivity contribution in [2.75, 3.05) is 13.2 Å². The quantitative estimate of drug-likeness (QED) is 0.664. The number of aromatic nitrogens is 1. The Labute approximate surface area is 105 Å². The second-order valence-electron chi connectivity index (χ2n) is 4.46. The van der Waals surface area contributed by atoms with E-state index in [0.717, 1.165) is 0 Å². The lowest BCUT2D eigenvalue weighted by Gasteiger charge is -2.34. The molecule has 1 fully saturated rings. The van der Waals surface area contributed by atoms with Crippen molar-refractivity contribution < 1.29 is 19.7 Å². The Balaban J connectivity index is 2.01. The van der Waals surface area contributed by atoms with E-state index in [-0.39, 0.29) is 12.5 Å². The van der Waals surface area contributed by atoms with Gasteiger partial charge in [-0.25, -0.2) is 0 Å². The average molecular weight is 254 g/mol. The lowest BCUT2D eigenvalue weighted by molar-refractivity contribution is -0.107. The van der Waals surface area contributed by atoms with Crippen molar-refractivity contribution in [2.24, 2.45) is 7.05 Å². The summed E-state index contributed by atoms with van der Waals surface area (Å²) in [5.74, 6) is -0.231. The highest BCUT2D eigenvalue weighted by molar-refractivity contribution is 5.92. The fraction of sp³-hybridized carbons (Fsp3) is 0.583. The number of amides is 1. The van der Waals surface area contributed by atoms with Crippen LogP contribution in [0.4, 0.5) is 0 Å². The summed E-state index contributed by atoms with van der Waals surface area (Å²) in [7, 11) is 1.78. The van der Waals surface area contributed by atoms with Crippen LogP contribution >= 0.6 is 0 Å². The van der Waals surface area contributed by atoms with Gasteiger partial charge in [-0.3, -0.25) is 4.79 Å². The van der Waals surface area contributed by atoms with Crippen molar-refractivity contribution in [1.82, 2.24) is 9.88 Å². The van der Waals surface area contributed by atoms with E-state index in [1.54, 1.807) is 29.9 Å². The van der Waals surface area contributed by atoms with Crippen molar-refractivity contribution >= 4 is 5.91 Å². The molecule has 0 unspecified atom stereocenters. The summed E-state index contributed by atoms with van der Waals surface area (Å²) in [5.41, 5.74) is 0.536. The van der Waals surface area contributed by atoms with Crippen LogP contribution in [0.5, 0.6) is 0 Å². The van der Waals surface area contributed by atoms with Gasteiger partial charge in [0.25, 0.3) is 5.91 Å². The molecule has 1 saturated heterocycles. The Kier molecular flexibility index (Phi) is 4.00. The van der Waals surface area contributed by atoms with Crippen LogP contribution < -0.4 is 5.32 Å². The van der Waals surface area contributed by atoms with E-state index in [2.05, 4.69) is 5.32 Å². The van der Waals surface area contributed by atoms with E-state index in [0.29, 0.717) is 18.7 Å². The number of rotatable bonds is 3. The van der Waals surface area contributed by atoms with Crippen molar-refractivity contribution in [1.29, 1.82) is 0 Å². The highest BCUT2D eigenvalue weighted by Gasteiger charge is 2.33. The van der Waals surface area contributed by atoms with Crippen LogP contribution in [0.2, 0.25) is 0 Å².